The minimum absolute atomic E-state index is 0.0288. The summed E-state index contributed by atoms with van der Waals surface area (Å²) in [5.74, 6) is 1.60. The van der Waals surface area contributed by atoms with Gasteiger partial charge in [-0.25, -0.2) is 0 Å². The summed E-state index contributed by atoms with van der Waals surface area (Å²) in [6.07, 6.45) is 3.55. The first-order chi connectivity index (χ1) is 21.1. The van der Waals surface area contributed by atoms with Crippen molar-refractivity contribution in [3.63, 3.8) is 0 Å². The fourth-order valence-electron chi connectivity index (χ4n) is 4.26. The molecule has 43 heavy (non-hydrogen) atoms. The van der Waals surface area contributed by atoms with Crippen LogP contribution in [0, 0.1) is 5.92 Å². The van der Waals surface area contributed by atoms with E-state index < -0.39 is 0 Å². The van der Waals surface area contributed by atoms with Gasteiger partial charge in [0.2, 0.25) is 0 Å². The third-order valence-corrected chi connectivity index (χ3v) is 7.16. The number of aliphatic hydroxyl groups excluding tert-OH is 1. The van der Waals surface area contributed by atoms with Gasteiger partial charge in [0.1, 0.15) is 12.4 Å². The molecular formula is C33H60O10. The molecule has 252 valence electrons. The molecule has 10 heteroatoms. The largest absolute Gasteiger partial charge is 0.491 e. The second-order valence-corrected chi connectivity index (χ2v) is 10.6. The SMILES string of the molecule is CCC(C)CC(C)(CC)c1ccc(OCCOCCOCCOCCOCCOCCOCCOCCOCCO)cc1. The van der Waals surface area contributed by atoms with Crippen molar-refractivity contribution >= 4 is 0 Å². The van der Waals surface area contributed by atoms with E-state index in [1.165, 1.54) is 18.4 Å². The smallest absolute Gasteiger partial charge is 0.119 e. The van der Waals surface area contributed by atoms with Gasteiger partial charge >= 0.3 is 0 Å². The topological polar surface area (TPSA) is 103 Å². The monoisotopic (exact) mass is 616 g/mol. The molecule has 0 spiro atoms. The maximum atomic E-state index is 8.58. The molecule has 1 aromatic rings. The summed E-state index contributed by atoms with van der Waals surface area (Å²) < 4.78 is 49.2. The summed E-state index contributed by atoms with van der Waals surface area (Å²) in [6.45, 7) is 17.8. The third-order valence-electron chi connectivity index (χ3n) is 7.16. The normalized spacial score (nSPS) is 13.7. The minimum atomic E-state index is 0.0288. The third kappa shape index (κ3) is 21.9. The predicted octanol–water partition coefficient (Wildman–Crippen LogP) is 4.29. The van der Waals surface area contributed by atoms with E-state index in [2.05, 4.69) is 52.0 Å². The molecule has 1 rings (SSSR count). The van der Waals surface area contributed by atoms with Gasteiger partial charge in [0.25, 0.3) is 0 Å². The molecule has 1 N–H and O–H groups in total. The Bertz CT molecular complexity index is 720. The number of rotatable bonds is 32. The second-order valence-electron chi connectivity index (χ2n) is 10.6. The average molecular weight is 617 g/mol. The van der Waals surface area contributed by atoms with E-state index in [9.17, 15) is 0 Å². The van der Waals surface area contributed by atoms with Crippen LogP contribution in [0.2, 0.25) is 0 Å². The Morgan fingerprint density at radius 3 is 1.23 bits per heavy atom. The summed E-state index contributed by atoms with van der Waals surface area (Å²) >= 11 is 0. The summed E-state index contributed by atoms with van der Waals surface area (Å²) in [5, 5.41) is 8.58. The van der Waals surface area contributed by atoms with Gasteiger partial charge in [-0.15, -0.1) is 0 Å². The van der Waals surface area contributed by atoms with Crippen LogP contribution in [0.15, 0.2) is 24.3 Å². The van der Waals surface area contributed by atoms with Crippen molar-refractivity contribution in [2.75, 3.05) is 119 Å². The van der Waals surface area contributed by atoms with Crippen LogP contribution in [0.3, 0.4) is 0 Å². The maximum absolute atomic E-state index is 8.58. The van der Waals surface area contributed by atoms with E-state index in [1.807, 2.05) is 0 Å². The van der Waals surface area contributed by atoms with E-state index in [0.29, 0.717) is 112 Å². The molecule has 0 aromatic heterocycles. The molecule has 0 fully saturated rings. The van der Waals surface area contributed by atoms with Crippen molar-refractivity contribution in [1.29, 1.82) is 0 Å². The molecule has 0 amide bonds. The quantitative estimate of drug-likeness (QED) is 0.118. The Morgan fingerprint density at radius 2 is 0.907 bits per heavy atom. The number of aliphatic hydroxyl groups is 1. The van der Waals surface area contributed by atoms with Crippen molar-refractivity contribution in [3.8, 4) is 5.75 Å². The average Bonchev–Trinajstić information content (AvgIpc) is 3.02. The Labute approximate surface area is 260 Å². The molecule has 0 aliphatic carbocycles. The number of hydrogen-bond donors (Lipinski definition) is 1. The number of benzene rings is 1. The van der Waals surface area contributed by atoms with Gasteiger partial charge in [-0.2, -0.15) is 0 Å². The van der Waals surface area contributed by atoms with Crippen molar-refractivity contribution in [2.45, 2.75) is 52.4 Å². The van der Waals surface area contributed by atoms with Gasteiger partial charge in [-0.3, -0.25) is 0 Å². The zero-order chi connectivity index (χ0) is 31.3. The molecule has 2 unspecified atom stereocenters. The van der Waals surface area contributed by atoms with E-state index in [0.717, 1.165) is 18.1 Å². The zero-order valence-electron chi connectivity index (χ0n) is 27.4. The standard InChI is InChI=1S/C33H60O10/c1-5-30(3)29-33(4,6-2)31-7-9-32(10-8-31)43-28-27-42-26-25-41-24-23-40-22-21-39-20-19-38-18-17-37-16-15-36-14-13-35-12-11-34/h7-10,30,34H,5-6,11-29H2,1-4H3. The summed E-state index contributed by atoms with van der Waals surface area (Å²) in [7, 11) is 0. The second kappa shape index (κ2) is 28.2. The molecular weight excluding hydrogens is 556 g/mol. The van der Waals surface area contributed by atoms with Gasteiger partial charge in [-0.1, -0.05) is 46.2 Å². The highest BCUT2D eigenvalue weighted by Gasteiger charge is 2.26. The molecule has 1 aromatic carbocycles. The first-order valence-corrected chi connectivity index (χ1v) is 16.0. The van der Waals surface area contributed by atoms with E-state index in [4.69, 9.17) is 47.7 Å². The van der Waals surface area contributed by atoms with Gasteiger partial charge < -0.3 is 47.7 Å². The van der Waals surface area contributed by atoms with Gasteiger partial charge in [0.15, 0.2) is 0 Å². The lowest BCUT2D eigenvalue weighted by molar-refractivity contribution is -0.0242. The molecule has 0 radical (unpaired) electrons. The van der Waals surface area contributed by atoms with Crippen LogP contribution in [-0.4, -0.2) is 124 Å². The van der Waals surface area contributed by atoms with Crippen LogP contribution in [0.4, 0.5) is 0 Å². The lowest BCUT2D eigenvalue weighted by Crippen LogP contribution is -2.23. The molecule has 0 saturated heterocycles. The van der Waals surface area contributed by atoms with Crippen LogP contribution >= 0.6 is 0 Å². The van der Waals surface area contributed by atoms with Gasteiger partial charge in [-0.05, 0) is 41.9 Å². The van der Waals surface area contributed by atoms with E-state index >= 15 is 0 Å². The maximum Gasteiger partial charge on any atom is 0.119 e. The summed E-state index contributed by atoms with van der Waals surface area (Å²) in [5.41, 5.74) is 1.59. The van der Waals surface area contributed by atoms with Crippen molar-refractivity contribution in [1.82, 2.24) is 0 Å². The lowest BCUT2D eigenvalue weighted by Gasteiger charge is -2.32. The fourth-order valence-corrected chi connectivity index (χ4v) is 4.26. The van der Waals surface area contributed by atoms with Crippen molar-refractivity contribution < 1.29 is 47.7 Å². The van der Waals surface area contributed by atoms with Crippen molar-refractivity contribution in [3.05, 3.63) is 29.8 Å². The Hall–Kier alpha value is -1.34. The number of hydrogen-bond acceptors (Lipinski definition) is 10. The van der Waals surface area contributed by atoms with E-state index in [1.54, 1.807) is 0 Å². The number of ether oxygens (including phenoxy) is 9. The molecule has 0 heterocycles. The molecule has 0 aliphatic heterocycles. The van der Waals surface area contributed by atoms with E-state index in [-0.39, 0.29) is 12.0 Å². The highest BCUT2D eigenvalue weighted by molar-refractivity contribution is 5.32. The Balaban J connectivity index is 1.83. The molecule has 0 saturated carbocycles. The first-order valence-electron chi connectivity index (χ1n) is 16.0. The van der Waals surface area contributed by atoms with Crippen LogP contribution in [0.25, 0.3) is 0 Å². The first kappa shape index (κ1) is 39.7. The van der Waals surface area contributed by atoms with Crippen LogP contribution in [0.1, 0.15) is 52.5 Å². The summed E-state index contributed by atoms with van der Waals surface area (Å²) in [4.78, 5) is 0. The molecule has 0 bridgehead atoms. The Morgan fingerprint density at radius 1 is 0.558 bits per heavy atom. The fraction of sp³-hybridized carbons (Fsp3) is 0.818. The lowest BCUT2D eigenvalue weighted by atomic mass is 9.73. The van der Waals surface area contributed by atoms with Gasteiger partial charge in [0, 0.05) is 0 Å². The van der Waals surface area contributed by atoms with Crippen LogP contribution in [0.5, 0.6) is 5.75 Å². The highest BCUT2D eigenvalue weighted by Crippen LogP contribution is 2.35. The van der Waals surface area contributed by atoms with Crippen LogP contribution in [-0.2, 0) is 43.3 Å². The van der Waals surface area contributed by atoms with Crippen LogP contribution < -0.4 is 4.74 Å². The zero-order valence-corrected chi connectivity index (χ0v) is 27.4. The summed E-state index contributed by atoms with van der Waals surface area (Å²) in [6, 6.07) is 8.55. The molecule has 10 nitrogen and oxygen atoms in total. The minimum Gasteiger partial charge on any atom is -0.491 e. The molecule has 2 atom stereocenters. The highest BCUT2D eigenvalue weighted by atomic mass is 16.6. The Kier molecular flexibility index (Phi) is 26.0. The molecule has 0 aliphatic rings. The predicted molar refractivity (Wildman–Crippen MR) is 167 cm³/mol. The van der Waals surface area contributed by atoms with Crippen molar-refractivity contribution in [2.24, 2.45) is 5.92 Å². The van der Waals surface area contributed by atoms with Gasteiger partial charge in [0.05, 0.1) is 112 Å².